The number of benzene rings is 1. The maximum absolute atomic E-state index is 10.7. The van der Waals surface area contributed by atoms with Gasteiger partial charge in [-0.15, -0.1) is 0 Å². The minimum Gasteiger partial charge on any atom is -0.455 e. The number of nitro groups is 1. The number of nitro benzene ring substituents is 1. The number of H-pyrrole nitrogens is 1. The summed E-state index contributed by atoms with van der Waals surface area (Å²) in [5, 5.41) is 17.3. The number of pyridine rings is 1. The van der Waals surface area contributed by atoms with E-state index in [-0.39, 0.29) is 5.69 Å². The van der Waals surface area contributed by atoms with Crippen molar-refractivity contribution in [3.63, 3.8) is 0 Å². The Morgan fingerprint density at radius 3 is 2.50 bits per heavy atom. The van der Waals surface area contributed by atoms with Crippen LogP contribution in [0.25, 0.3) is 11.3 Å². The number of furan rings is 1. The second-order valence-electron chi connectivity index (χ2n) is 6.44. The van der Waals surface area contributed by atoms with Crippen molar-refractivity contribution in [3.05, 3.63) is 76.7 Å². The summed E-state index contributed by atoms with van der Waals surface area (Å²) < 4.78 is 5.79. The molecule has 4 rings (SSSR count). The summed E-state index contributed by atoms with van der Waals surface area (Å²) in [5.74, 6) is 2.41. The summed E-state index contributed by atoms with van der Waals surface area (Å²) in [7, 11) is 0. The van der Waals surface area contributed by atoms with Crippen molar-refractivity contribution in [2.24, 2.45) is 5.10 Å². The number of anilines is 1. The molecule has 1 fully saturated rings. The number of hydrogen-bond donors (Lipinski definition) is 0. The molecule has 0 amide bonds. The molecule has 28 heavy (non-hydrogen) atoms. The molecular weight excluding hydrogens is 358 g/mol. The largest absolute Gasteiger partial charge is 0.455 e. The molecule has 0 spiro atoms. The third-order valence-corrected chi connectivity index (χ3v) is 4.63. The summed E-state index contributed by atoms with van der Waals surface area (Å²) in [4.78, 5) is 15.9. The SMILES string of the molecule is O=[N+]([O-])c1ccc(-c2ccc(/C=N\N3CCN(c4cccc[nH+]4)CC3)o2)cc1. The van der Waals surface area contributed by atoms with Gasteiger partial charge >= 0.3 is 0 Å². The number of nitrogens with zero attached hydrogens (tertiary/aromatic N) is 4. The highest BCUT2D eigenvalue weighted by atomic mass is 16.6. The second kappa shape index (κ2) is 7.91. The molecule has 2 aromatic heterocycles. The second-order valence-corrected chi connectivity index (χ2v) is 6.44. The van der Waals surface area contributed by atoms with Gasteiger partial charge in [0.2, 0.25) is 0 Å². The molecule has 3 aromatic rings. The summed E-state index contributed by atoms with van der Waals surface area (Å²) in [6, 6.07) is 16.0. The lowest BCUT2D eigenvalue weighted by molar-refractivity contribution is -0.384. The number of aromatic nitrogens is 1. The van der Waals surface area contributed by atoms with Gasteiger partial charge < -0.3 is 4.42 Å². The van der Waals surface area contributed by atoms with Crippen LogP contribution in [-0.2, 0) is 0 Å². The summed E-state index contributed by atoms with van der Waals surface area (Å²) >= 11 is 0. The molecular formula is C20H20N5O3+. The highest BCUT2D eigenvalue weighted by Gasteiger charge is 2.22. The fourth-order valence-electron chi connectivity index (χ4n) is 3.10. The molecule has 1 aromatic carbocycles. The minimum atomic E-state index is -0.417. The van der Waals surface area contributed by atoms with Gasteiger partial charge in [0.1, 0.15) is 24.6 Å². The van der Waals surface area contributed by atoms with Gasteiger partial charge in [-0.2, -0.15) is 5.10 Å². The highest BCUT2D eigenvalue weighted by Crippen LogP contribution is 2.24. The molecule has 0 unspecified atom stereocenters. The molecule has 8 heteroatoms. The first-order valence-corrected chi connectivity index (χ1v) is 9.04. The van der Waals surface area contributed by atoms with Gasteiger partial charge in [0.25, 0.3) is 11.5 Å². The summed E-state index contributed by atoms with van der Waals surface area (Å²) in [6.45, 7) is 3.44. The minimum absolute atomic E-state index is 0.0596. The standard InChI is InChI=1S/C20H19N5O3/c26-25(27)17-6-4-16(5-7-17)19-9-8-18(28-19)15-22-24-13-11-23(12-14-24)20-3-1-2-10-21-20/h1-10,15H,11-14H2/p+1/b22-15-. The average Bonchev–Trinajstić information content (AvgIpc) is 3.22. The number of hydrogen-bond acceptors (Lipinski definition) is 6. The van der Waals surface area contributed by atoms with E-state index in [1.807, 2.05) is 35.5 Å². The van der Waals surface area contributed by atoms with Crippen LogP contribution >= 0.6 is 0 Å². The topological polar surface area (TPSA) is 89.3 Å². The average molecular weight is 378 g/mol. The van der Waals surface area contributed by atoms with Crippen molar-refractivity contribution >= 4 is 17.7 Å². The van der Waals surface area contributed by atoms with E-state index in [0.717, 1.165) is 37.6 Å². The van der Waals surface area contributed by atoms with E-state index in [4.69, 9.17) is 4.42 Å². The van der Waals surface area contributed by atoms with Crippen molar-refractivity contribution in [3.8, 4) is 11.3 Å². The molecule has 1 aliphatic rings. The van der Waals surface area contributed by atoms with E-state index in [9.17, 15) is 10.1 Å². The first kappa shape index (κ1) is 17.7. The van der Waals surface area contributed by atoms with Crippen molar-refractivity contribution in [1.82, 2.24) is 5.01 Å². The Morgan fingerprint density at radius 2 is 1.82 bits per heavy atom. The normalized spacial score (nSPS) is 14.6. The molecule has 3 heterocycles. The van der Waals surface area contributed by atoms with Gasteiger partial charge in [0, 0.05) is 23.8 Å². The number of aromatic amines is 1. The molecule has 1 saturated heterocycles. The number of nitrogens with one attached hydrogen (secondary N) is 1. The summed E-state index contributed by atoms with van der Waals surface area (Å²) in [5.41, 5.74) is 0.849. The molecule has 0 radical (unpaired) electrons. The van der Waals surface area contributed by atoms with Crippen LogP contribution in [-0.4, -0.2) is 42.3 Å². The van der Waals surface area contributed by atoms with Crippen molar-refractivity contribution in [2.45, 2.75) is 0 Å². The molecule has 1 aliphatic heterocycles. The Bertz CT molecular complexity index is 961. The van der Waals surface area contributed by atoms with Gasteiger partial charge in [-0.1, -0.05) is 6.07 Å². The van der Waals surface area contributed by atoms with Crippen molar-refractivity contribution in [1.29, 1.82) is 0 Å². The Labute approximate surface area is 161 Å². The predicted octanol–water partition coefficient (Wildman–Crippen LogP) is 2.83. The molecule has 142 valence electrons. The van der Waals surface area contributed by atoms with E-state index in [1.54, 1.807) is 18.3 Å². The number of rotatable bonds is 5. The third kappa shape index (κ3) is 4.01. The number of non-ortho nitro benzene ring substituents is 1. The zero-order valence-electron chi connectivity index (χ0n) is 15.2. The van der Waals surface area contributed by atoms with E-state index in [1.165, 1.54) is 12.1 Å². The number of hydrazone groups is 1. The predicted molar refractivity (Wildman–Crippen MR) is 105 cm³/mol. The summed E-state index contributed by atoms with van der Waals surface area (Å²) in [6.07, 6.45) is 3.64. The third-order valence-electron chi connectivity index (χ3n) is 4.63. The first-order chi connectivity index (χ1) is 13.7. The van der Waals surface area contributed by atoms with Crippen LogP contribution in [0.3, 0.4) is 0 Å². The lowest BCUT2D eigenvalue weighted by atomic mass is 10.1. The van der Waals surface area contributed by atoms with Gasteiger partial charge in [0.05, 0.1) is 30.4 Å². The first-order valence-electron chi connectivity index (χ1n) is 9.04. The van der Waals surface area contributed by atoms with Crippen LogP contribution < -0.4 is 9.88 Å². The van der Waals surface area contributed by atoms with Gasteiger partial charge in [0.15, 0.2) is 0 Å². The van der Waals surface area contributed by atoms with Gasteiger partial charge in [-0.25, -0.2) is 4.98 Å². The van der Waals surface area contributed by atoms with Crippen LogP contribution in [0.4, 0.5) is 11.5 Å². The van der Waals surface area contributed by atoms with Crippen LogP contribution in [0.2, 0.25) is 0 Å². The molecule has 0 atom stereocenters. The van der Waals surface area contributed by atoms with Crippen LogP contribution in [0.1, 0.15) is 5.76 Å². The quantitative estimate of drug-likeness (QED) is 0.387. The maximum Gasteiger partial charge on any atom is 0.274 e. The highest BCUT2D eigenvalue weighted by molar-refractivity contribution is 5.77. The van der Waals surface area contributed by atoms with E-state index in [0.29, 0.717) is 11.5 Å². The van der Waals surface area contributed by atoms with E-state index >= 15 is 0 Å². The van der Waals surface area contributed by atoms with E-state index < -0.39 is 4.92 Å². The maximum atomic E-state index is 10.7. The fourth-order valence-corrected chi connectivity index (χ4v) is 3.10. The monoisotopic (exact) mass is 378 g/mol. The zero-order chi connectivity index (χ0) is 19.3. The Balaban J connectivity index is 1.35. The van der Waals surface area contributed by atoms with Crippen molar-refractivity contribution < 1.29 is 14.3 Å². The molecule has 0 bridgehead atoms. The lowest BCUT2D eigenvalue weighted by Crippen LogP contribution is -2.45. The van der Waals surface area contributed by atoms with Gasteiger partial charge in [-0.05, 0) is 30.3 Å². The Kier molecular flexibility index (Phi) is 5.01. The van der Waals surface area contributed by atoms with Crippen molar-refractivity contribution in [2.75, 3.05) is 31.1 Å². The molecule has 8 nitrogen and oxygen atoms in total. The van der Waals surface area contributed by atoms with Crippen LogP contribution in [0.15, 0.2) is 70.3 Å². The molecule has 0 saturated carbocycles. The fraction of sp³-hybridized carbons (Fsp3) is 0.200. The zero-order valence-corrected chi connectivity index (χ0v) is 15.2. The van der Waals surface area contributed by atoms with Crippen LogP contribution in [0, 0.1) is 10.1 Å². The van der Waals surface area contributed by atoms with E-state index in [2.05, 4.69) is 21.1 Å². The number of piperazine rings is 1. The lowest BCUT2D eigenvalue weighted by Gasteiger charge is -2.28. The van der Waals surface area contributed by atoms with Crippen LogP contribution in [0.5, 0.6) is 0 Å². The van der Waals surface area contributed by atoms with Gasteiger partial charge in [-0.3, -0.25) is 20.0 Å². The molecule has 1 N–H and O–H groups in total. The smallest absolute Gasteiger partial charge is 0.274 e. The molecule has 0 aliphatic carbocycles. The Morgan fingerprint density at radius 1 is 1.04 bits per heavy atom. The Hall–Kier alpha value is -3.68.